The van der Waals surface area contributed by atoms with Crippen LogP contribution >= 0.6 is 0 Å². The number of rotatable bonds is 1. The highest BCUT2D eigenvalue weighted by atomic mass is 19.4. The third-order valence-electron chi connectivity index (χ3n) is 1.83. The largest absolute Gasteiger partial charge is 0.416 e. The fourth-order valence-corrected chi connectivity index (χ4v) is 1.09. The summed E-state index contributed by atoms with van der Waals surface area (Å²) >= 11 is 0. The highest BCUT2D eigenvalue weighted by molar-refractivity contribution is 5.14. The topological polar surface area (TPSA) is 22.0 Å². The molecule has 0 aliphatic rings. The van der Waals surface area contributed by atoms with Crippen LogP contribution in [-0.2, 0) is 6.18 Å². The molecule has 5 heteroatoms. The van der Waals surface area contributed by atoms with E-state index in [0.717, 1.165) is 12.3 Å². The van der Waals surface area contributed by atoms with Crippen molar-refractivity contribution in [3.8, 4) is 0 Å². The second-order valence-corrected chi connectivity index (χ2v) is 3.25. The lowest BCUT2D eigenvalue weighted by molar-refractivity contribution is -0.137. The van der Waals surface area contributed by atoms with E-state index in [1.807, 2.05) is 0 Å². The van der Waals surface area contributed by atoms with Crippen molar-refractivity contribution < 1.29 is 13.2 Å². The molecule has 1 rings (SSSR count). The summed E-state index contributed by atoms with van der Waals surface area (Å²) in [5.41, 5.74) is -1.53. The summed E-state index contributed by atoms with van der Waals surface area (Å²) < 4.78 is 37.7. The second-order valence-electron chi connectivity index (χ2n) is 3.25. The van der Waals surface area contributed by atoms with Gasteiger partial charge < -0.3 is 4.57 Å². The maximum Gasteiger partial charge on any atom is 0.416 e. The van der Waals surface area contributed by atoms with Gasteiger partial charge >= 0.3 is 6.18 Å². The van der Waals surface area contributed by atoms with E-state index in [0.29, 0.717) is 6.07 Å². The van der Waals surface area contributed by atoms with E-state index in [-0.39, 0.29) is 6.04 Å². The van der Waals surface area contributed by atoms with Crippen molar-refractivity contribution in [1.29, 1.82) is 0 Å². The number of hydrogen-bond acceptors (Lipinski definition) is 1. The van der Waals surface area contributed by atoms with E-state index in [1.165, 1.54) is 4.57 Å². The van der Waals surface area contributed by atoms with E-state index < -0.39 is 17.3 Å². The highest BCUT2D eigenvalue weighted by Crippen LogP contribution is 2.27. The Morgan fingerprint density at radius 3 is 2.29 bits per heavy atom. The van der Waals surface area contributed by atoms with Crippen molar-refractivity contribution >= 4 is 0 Å². The Balaban J connectivity index is 3.21. The molecule has 78 valence electrons. The van der Waals surface area contributed by atoms with E-state index >= 15 is 0 Å². The molecule has 14 heavy (non-hydrogen) atoms. The molecular formula is C9H10F3NO. The standard InChI is InChI=1S/C9H10F3NO/c1-6(2)13-4-3-7(5-8(13)14)9(10,11)12/h3-6H,1-2H3. The molecule has 1 heterocycles. The van der Waals surface area contributed by atoms with Gasteiger partial charge in [-0.15, -0.1) is 0 Å². The van der Waals surface area contributed by atoms with E-state index in [9.17, 15) is 18.0 Å². The Morgan fingerprint density at radius 1 is 1.36 bits per heavy atom. The van der Waals surface area contributed by atoms with Gasteiger partial charge in [-0.1, -0.05) is 0 Å². The monoisotopic (exact) mass is 205 g/mol. The average molecular weight is 205 g/mol. The molecule has 0 unspecified atom stereocenters. The van der Waals surface area contributed by atoms with Gasteiger partial charge in [-0.2, -0.15) is 13.2 Å². The van der Waals surface area contributed by atoms with Crippen LogP contribution in [0.3, 0.4) is 0 Å². The molecule has 0 radical (unpaired) electrons. The zero-order valence-corrected chi connectivity index (χ0v) is 7.80. The molecule has 0 amide bonds. The number of halogens is 3. The van der Waals surface area contributed by atoms with Gasteiger partial charge in [0.1, 0.15) is 0 Å². The van der Waals surface area contributed by atoms with Gasteiger partial charge in [-0.25, -0.2) is 0 Å². The number of alkyl halides is 3. The van der Waals surface area contributed by atoms with Crippen molar-refractivity contribution in [3.63, 3.8) is 0 Å². The van der Waals surface area contributed by atoms with Gasteiger partial charge in [0.15, 0.2) is 0 Å². The first-order valence-electron chi connectivity index (χ1n) is 4.12. The summed E-state index contributed by atoms with van der Waals surface area (Å²) in [4.78, 5) is 11.2. The lowest BCUT2D eigenvalue weighted by Crippen LogP contribution is -2.22. The molecule has 1 aromatic rings. The van der Waals surface area contributed by atoms with Crippen LogP contribution in [0.1, 0.15) is 25.5 Å². The predicted molar refractivity (Wildman–Crippen MR) is 46.1 cm³/mol. The van der Waals surface area contributed by atoms with Gasteiger partial charge in [0.2, 0.25) is 0 Å². The molecule has 0 aromatic carbocycles. The fraction of sp³-hybridized carbons (Fsp3) is 0.444. The molecule has 0 atom stereocenters. The minimum absolute atomic E-state index is 0.134. The number of nitrogens with zero attached hydrogens (tertiary/aromatic N) is 1. The molecule has 2 nitrogen and oxygen atoms in total. The third-order valence-corrected chi connectivity index (χ3v) is 1.83. The maximum absolute atomic E-state index is 12.2. The molecule has 0 saturated carbocycles. The number of hydrogen-bond donors (Lipinski definition) is 0. The van der Waals surface area contributed by atoms with Crippen LogP contribution in [0.4, 0.5) is 13.2 Å². The second kappa shape index (κ2) is 3.48. The summed E-state index contributed by atoms with van der Waals surface area (Å²) in [5.74, 6) is 0. The normalized spacial score (nSPS) is 12.1. The van der Waals surface area contributed by atoms with Crippen LogP contribution in [0.15, 0.2) is 23.1 Å². The Labute approximate surface area is 79.0 Å². The molecule has 0 fully saturated rings. The molecule has 0 saturated heterocycles. The van der Waals surface area contributed by atoms with Crippen molar-refractivity contribution in [1.82, 2.24) is 4.57 Å². The van der Waals surface area contributed by atoms with Crippen LogP contribution in [0.2, 0.25) is 0 Å². The molecule has 0 spiro atoms. The third kappa shape index (κ3) is 2.16. The summed E-state index contributed by atoms with van der Waals surface area (Å²) in [5, 5.41) is 0. The van der Waals surface area contributed by atoms with Crippen molar-refractivity contribution in [2.24, 2.45) is 0 Å². The van der Waals surface area contributed by atoms with Crippen LogP contribution < -0.4 is 5.56 Å². The molecule has 0 N–H and O–H groups in total. The average Bonchev–Trinajstić information content (AvgIpc) is 2.01. The minimum atomic E-state index is -4.45. The Kier molecular flexibility index (Phi) is 2.69. The fourth-order valence-electron chi connectivity index (χ4n) is 1.09. The van der Waals surface area contributed by atoms with E-state index in [4.69, 9.17) is 0 Å². The van der Waals surface area contributed by atoms with Crippen LogP contribution in [0.5, 0.6) is 0 Å². The number of aromatic nitrogens is 1. The van der Waals surface area contributed by atoms with Gasteiger partial charge in [0.05, 0.1) is 5.56 Å². The smallest absolute Gasteiger partial charge is 0.313 e. The Bertz CT molecular complexity index is 378. The van der Waals surface area contributed by atoms with Crippen LogP contribution in [-0.4, -0.2) is 4.57 Å². The summed E-state index contributed by atoms with van der Waals surface area (Å²) in [6, 6.07) is 1.38. The summed E-state index contributed by atoms with van der Waals surface area (Å²) in [6.45, 7) is 3.46. The Morgan fingerprint density at radius 2 is 1.93 bits per heavy atom. The van der Waals surface area contributed by atoms with Gasteiger partial charge in [-0.3, -0.25) is 4.79 Å². The Hall–Kier alpha value is -1.26. The van der Waals surface area contributed by atoms with Crippen molar-refractivity contribution in [2.45, 2.75) is 26.1 Å². The lowest BCUT2D eigenvalue weighted by atomic mass is 10.2. The van der Waals surface area contributed by atoms with E-state index in [2.05, 4.69) is 0 Å². The summed E-state index contributed by atoms with van der Waals surface area (Å²) in [6.07, 6.45) is -3.29. The molecule has 0 aliphatic carbocycles. The van der Waals surface area contributed by atoms with Gasteiger partial charge in [-0.05, 0) is 19.9 Å². The van der Waals surface area contributed by atoms with Crippen LogP contribution in [0.25, 0.3) is 0 Å². The zero-order chi connectivity index (χ0) is 10.9. The molecular weight excluding hydrogens is 195 g/mol. The SMILES string of the molecule is CC(C)n1ccc(C(F)(F)F)cc1=O. The summed E-state index contributed by atoms with van der Waals surface area (Å²) in [7, 11) is 0. The highest BCUT2D eigenvalue weighted by Gasteiger charge is 2.30. The van der Waals surface area contributed by atoms with Crippen molar-refractivity contribution in [3.05, 3.63) is 34.2 Å². The van der Waals surface area contributed by atoms with Crippen LogP contribution in [0, 0.1) is 0 Å². The first-order chi connectivity index (χ1) is 6.32. The number of pyridine rings is 1. The molecule has 1 aromatic heterocycles. The first kappa shape index (κ1) is 10.8. The van der Waals surface area contributed by atoms with Gasteiger partial charge in [0.25, 0.3) is 5.56 Å². The quantitative estimate of drug-likeness (QED) is 0.690. The molecule has 0 aliphatic heterocycles. The minimum Gasteiger partial charge on any atom is -0.313 e. The maximum atomic E-state index is 12.2. The molecule has 0 bridgehead atoms. The van der Waals surface area contributed by atoms with Gasteiger partial charge in [0, 0.05) is 18.3 Å². The van der Waals surface area contributed by atoms with E-state index in [1.54, 1.807) is 13.8 Å². The predicted octanol–water partition coefficient (Wildman–Crippen LogP) is 2.45. The first-order valence-corrected chi connectivity index (χ1v) is 4.12. The van der Waals surface area contributed by atoms with Crippen molar-refractivity contribution in [2.75, 3.05) is 0 Å². The lowest BCUT2D eigenvalue weighted by Gasteiger charge is -2.11. The zero-order valence-electron chi connectivity index (χ0n) is 7.80.